The number of pyridine rings is 1. The molecule has 1 aromatic carbocycles. The first-order valence-electron chi connectivity index (χ1n) is 6.25. The quantitative estimate of drug-likeness (QED) is 0.918. The summed E-state index contributed by atoms with van der Waals surface area (Å²) >= 11 is 0. The maximum Gasteiger partial charge on any atom is 0.352 e. The summed E-state index contributed by atoms with van der Waals surface area (Å²) in [5.41, 5.74) is -0.307. The van der Waals surface area contributed by atoms with Crippen LogP contribution in [0.25, 0.3) is 10.9 Å². The minimum absolute atomic E-state index is 0.0796. The Morgan fingerprint density at radius 2 is 1.95 bits per heavy atom. The number of nitrogens with zero attached hydrogens (tertiary/aromatic N) is 1. The van der Waals surface area contributed by atoms with Crippen molar-refractivity contribution in [2.45, 2.75) is 27.3 Å². The zero-order valence-electron chi connectivity index (χ0n) is 11.6. The third-order valence-corrected chi connectivity index (χ3v) is 2.93. The van der Waals surface area contributed by atoms with E-state index in [9.17, 15) is 19.1 Å². The largest absolute Gasteiger partial charge is 0.477 e. The van der Waals surface area contributed by atoms with Gasteiger partial charge in [0.25, 0.3) is 0 Å². The van der Waals surface area contributed by atoms with Gasteiger partial charge in [-0.05, 0) is 23.6 Å². The van der Waals surface area contributed by atoms with Gasteiger partial charge in [-0.15, -0.1) is 0 Å². The molecule has 0 amide bonds. The van der Waals surface area contributed by atoms with Crippen LogP contribution in [-0.4, -0.2) is 15.6 Å². The second-order valence-corrected chi connectivity index (χ2v) is 6.01. The van der Waals surface area contributed by atoms with Gasteiger partial charge in [-0.25, -0.2) is 9.18 Å². The maximum absolute atomic E-state index is 13.3. The van der Waals surface area contributed by atoms with Gasteiger partial charge in [0.05, 0.1) is 5.52 Å². The SMILES string of the molecule is CC(C)(C)Cn1c(C(=O)O)cc(=O)c2cc(F)ccc21. The molecule has 0 radical (unpaired) electrons. The molecule has 2 aromatic rings. The predicted molar refractivity (Wildman–Crippen MR) is 74.6 cm³/mol. The van der Waals surface area contributed by atoms with Crippen molar-refractivity contribution in [3.63, 3.8) is 0 Å². The third kappa shape index (κ3) is 2.71. The Labute approximate surface area is 115 Å². The van der Waals surface area contributed by atoms with Crippen molar-refractivity contribution in [3.05, 3.63) is 46.0 Å². The van der Waals surface area contributed by atoms with Gasteiger partial charge in [-0.1, -0.05) is 20.8 Å². The molecule has 0 saturated carbocycles. The second kappa shape index (κ2) is 4.74. The molecule has 20 heavy (non-hydrogen) atoms. The van der Waals surface area contributed by atoms with Crippen LogP contribution in [0.5, 0.6) is 0 Å². The first-order chi connectivity index (χ1) is 9.19. The molecule has 106 valence electrons. The molecule has 0 saturated heterocycles. The number of hydrogen-bond donors (Lipinski definition) is 1. The predicted octanol–water partition coefficient (Wildman–Crippen LogP) is 2.88. The summed E-state index contributed by atoms with van der Waals surface area (Å²) in [6, 6.07) is 4.87. The van der Waals surface area contributed by atoms with Crippen molar-refractivity contribution in [3.8, 4) is 0 Å². The zero-order valence-corrected chi connectivity index (χ0v) is 11.6. The maximum atomic E-state index is 13.3. The van der Waals surface area contributed by atoms with Gasteiger partial charge in [-0.2, -0.15) is 0 Å². The number of carboxylic acids is 1. The smallest absolute Gasteiger partial charge is 0.352 e. The van der Waals surface area contributed by atoms with E-state index in [1.165, 1.54) is 12.1 Å². The van der Waals surface area contributed by atoms with Crippen LogP contribution in [0.3, 0.4) is 0 Å². The average Bonchev–Trinajstić information content (AvgIpc) is 2.30. The highest BCUT2D eigenvalue weighted by Crippen LogP contribution is 2.22. The van der Waals surface area contributed by atoms with Gasteiger partial charge in [0.15, 0.2) is 5.43 Å². The topological polar surface area (TPSA) is 59.3 Å². The van der Waals surface area contributed by atoms with E-state index < -0.39 is 17.2 Å². The Balaban J connectivity index is 2.86. The summed E-state index contributed by atoms with van der Waals surface area (Å²) in [6.07, 6.45) is 0. The van der Waals surface area contributed by atoms with Crippen LogP contribution in [0.4, 0.5) is 4.39 Å². The van der Waals surface area contributed by atoms with E-state index in [0.717, 1.165) is 12.1 Å². The van der Waals surface area contributed by atoms with Crippen molar-refractivity contribution in [2.24, 2.45) is 5.41 Å². The number of carbonyl (C=O) groups is 1. The van der Waals surface area contributed by atoms with E-state index in [0.29, 0.717) is 12.1 Å². The normalized spacial score (nSPS) is 11.8. The van der Waals surface area contributed by atoms with Crippen molar-refractivity contribution in [1.82, 2.24) is 4.57 Å². The van der Waals surface area contributed by atoms with E-state index in [1.54, 1.807) is 4.57 Å². The Morgan fingerprint density at radius 1 is 1.30 bits per heavy atom. The van der Waals surface area contributed by atoms with Gasteiger partial charge in [0.1, 0.15) is 11.5 Å². The number of aromatic nitrogens is 1. The fourth-order valence-corrected chi connectivity index (χ4v) is 2.17. The summed E-state index contributed by atoms with van der Waals surface area (Å²) in [6.45, 7) is 6.31. The number of carboxylic acid groups (broad SMARTS) is 1. The first-order valence-corrected chi connectivity index (χ1v) is 6.25. The number of halogens is 1. The Bertz CT molecular complexity index is 741. The molecule has 0 bridgehead atoms. The molecule has 0 atom stereocenters. The molecular formula is C15H16FNO3. The number of benzene rings is 1. The minimum atomic E-state index is -1.17. The van der Waals surface area contributed by atoms with Crippen LogP contribution in [0.2, 0.25) is 0 Å². The van der Waals surface area contributed by atoms with Crippen molar-refractivity contribution in [1.29, 1.82) is 0 Å². The van der Waals surface area contributed by atoms with E-state index in [2.05, 4.69) is 0 Å². The molecule has 0 unspecified atom stereocenters. The van der Waals surface area contributed by atoms with Crippen LogP contribution in [-0.2, 0) is 6.54 Å². The van der Waals surface area contributed by atoms with Crippen LogP contribution >= 0.6 is 0 Å². The van der Waals surface area contributed by atoms with Crippen LogP contribution < -0.4 is 5.43 Å². The minimum Gasteiger partial charge on any atom is -0.477 e. The molecule has 0 fully saturated rings. The molecule has 0 spiro atoms. The van der Waals surface area contributed by atoms with Crippen molar-refractivity contribution >= 4 is 16.9 Å². The summed E-state index contributed by atoms with van der Waals surface area (Å²) in [5, 5.41) is 9.46. The van der Waals surface area contributed by atoms with Gasteiger partial charge in [-0.3, -0.25) is 4.79 Å². The van der Waals surface area contributed by atoms with E-state index >= 15 is 0 Å². The molecular weight excluding hydrogens is 261 g/mol. The monoisotopic (exact) mass is 277 g/mol. The van der Waals surface area contributed by atoms with E-state index in [1.807, 2.05) is 20.8 Å². The van der Waals surface area contributed by atoms with E-state index in [-0.39, 0.29) is 16.5 Å². The molecule has 0 aliphatic heterocycles. The van der Waals surface area contributed by atoms with Gasteiger partial charge >= 0.3 is 5.97 Å². The highest BCUT2D eigenvalue weighted by atomic mass is 19.1. The standard InChI is InChI=1S/C15H16FNO3/c1-15(2,3)8-17-11-5-4-9(16)6-10(11)13(18)7-12(17)14(19)20/h4-7H,8H2,1-3H3,(H,19,20). The van der Waals surface area contributed by atoms with Crippen molar-refractivity contribution < 1.29 is 14.3 Å². The highest BCUT2D eigenvalue weighted by molar-refractivity contribution is 5.90. The van der Waals surface area contributed by atoms with Gasteiger partial charge < -0.3 is 9.67 Å². The fourth-order valence-electron chi connectivity index (χ4n) is 2.17. The molecule has 0 aliphatic rings. The highest BCUT2D eigenvalue weighted by Gasteiger charge is 2.19. The molecule has 1 aromatic heterocycles. The Hall–Kier alpha value is -2.17. The number of hydrogen-bond acceptors (Lipinski definition) is 2. The lowest BCUT2D eigenvalue weighted by Crippen LogP contribution is -2.24. The second-order valence-electron chi connectivity index (χ2n) is 6.01. The van der Waals surface area contributed by atoms with Gasteiger partial charge in [0, 0.05) is 18.0 Å². The third-order valence-electron chi connectivity index (χ3n) is 2.93. The lowest BCUT2D eigenvalue weighted by molar-refractivity contribution is 0.0682. The average molecular weight is 277 g/mol. The number of fused-ring (bicyclic) bond motifs is 1. The first kappa shape index (κ1) is 14.2. The molecule has 5 heteroatoms. The Kier molecular flexibility index (Phi) is 3.38. The summed E-state index contributed by atoms with van der Waals surface area (Å²) in [7, 11) is 0. The van der Waals surface area contributed by atoms with Crippen molar-refractivity contribution in [2.75, 3.05) is 0 Å². The molecule has 0 aliphatic carbocycles. The number of aromatic carboxylic acids is 1. The fraction of sp³-hybridized carbons (Fsp3) is 0.333. The molecule has 2 rings (SSSR count). The van der Waals surface area contributed by atoms with Crippen LogP contribution in [0.15, 0.2) is 29.1 Å². The van der Waals surface area contributed by atoms with E-state index in [4.69, 9.17) is 0 Å². The zero-order chi connectivity index (χ0) is 15.1. The summed E-state index contributed by atoms with van der Waals surface area (Å²) < 4.78 is 14.8. The van der Waals surface area contributed by atoms with Gasteiger partial charge in [0.2, 0.25) is 0 Å². The van der Waals surface area contributed by atoms with Crippen LogP contribution in [0.1, 0.15) is 31.3 Å². The lowest BCUT2D eigenvalue weighted by atomic mass is 9.96. The summed E-state index contributed by atoms with van der Waals surface area (Å²) in [5.74, 6) is -1.68. The molecule has 1 N–H and O–H groups in total. The van der Waals surface area contributed by atoms with Crippen LogP contribution in [0, 0.1) is 11.2 Å². The number of rotatable bonds is 2. The summed E-state index contributed by atoms with van der Waals surface area (Å²) in [4.78, 5) is 23.3. The Morgan fingerprint density at radius 3 is 2.50 bits per heavy atom. The molecule has 1 heterocycles. The lowest BCUT2D eigenvalue weighted by Gasteiger charge is -2.23. The molecule has 4 nitrogen and oxygen atoms in total.